The van der Waals surface area contributed by atoms with E-state index in [0.29, 0.717) is 6.54 Å². The highest BCUT2D eigenvalue weighted by atomic mass is 32.1. The minimum atomic E-state index is -0.196. The second-order valence-electron chi connectivity index (χ2n) is 3.00. The molecule has 70 valence electrons. The standard InChI is InChI=1S/C9H11NO2S/c11-9(8-1-3-12-8)10-5-7-2-4-13-6-7/h2,4,6,8H,1,3,5H2,(H,10,11). The third-order valence-electron chi connectivity index (χ3n) is 2.04. The number of ether oxygens (including phenoxy) is 1. The van der Waals surface area contributed by atoms with Gasteiger partial charge in [-0.3, -0.25) is 4.79 Å². The number of amides is 1. The molecule has 1 aliphatic rings. The molecule has 1 saturated heterocycles. The Kier molecular flexibility index (Phi) is 2.61. The van der Waals surface area contributed by atoms with E-state index in [9.17, 15) is 4.79 Å². The van der Waals surface area contributed by atoms with E-state index in [0.717, 1.165) is 18.6 Å². The number of hydrogen-bond acceptors (Lipinski definition) is 3. The van der Waals surface area contributed by atoms with Gasteiger partial charge in [0.15, 0.2) is 0 Å². The Morgan fingerprint density at radius 3 is 3.15 bits per heavy atom. The van der Waals surface area contributed by atoms with Crippen molar-refractivity contribution in [3.8, 4) is 0 Å². The van der Waals surface area contributed by atoms with Crippen LogP contribution in [0.3, 0.4) is 0 Å². The molecule has 1 amide bonds. The summed E-state index contributed by atoms with van der Waals surface area (Å²) in [6, 6.07) is 2.01. The molecule has 0 radical (unpaired) electrons. The van der Waals surface area contributed by atoms with E-state index in [1.807, 2.05) is 16.8 Å². The lowest BCUT2D eigenvalue weighted by Gasteiger charge is -2.24. The van der Waals surface area contributed by atoms with Gasteiger partial charge in [-0.25, -0.2) is 0 Å². The summed E-state index contributed by atoms with van der Waals surface area (Å²) in [5.41, 5.74) is 1.15. The van der Waals surface area contributed by atoms with Crippen molar-refractivity contribution in [1.29, 1.82) is 0 Å². The molecular weight excluding hydrogens is 186 g/mol. The number of carbonyl (C=O) groups excluding carboxylic acids is 1. The fourth-order valence-electron chi connectivity index (χ4n) is 1.14. The van der Waals surface area contributed by atoms with Crippen molar-refractivity contribution in [2.75, 3.05) is 6.61 Å². The zero-order valence-corrected chi connectivity index (χ0v) is 7.97. The molecule has 0 bridgehead atoms. The number of thiophene rings is 1. The van der Waals surface area contributed by atoms with E-state index in [1.165, 1.54) is 0 Å². The van der Waals surface area contributed by atoms with Gasteiger partial charge in [0.25, 0.3) is 0 Å². The Labute approximate surface area is 80.7 Å². The molecule has 0 aromatic carbocycles. The Morgan fingerprint density at radius 2 is 2.62 bits per heavy atom. The summed E-state index contributed by atoms with van der Waals surface area (Å²) in [5, 5.41) is 6.86. The van der Waals surface area contributed by atoms with Gasteiger partial charge in [0.2, 0.25) is 5.91 Å². The van der Waals surface area contributed by atoms with Crippen molar-refractivity contribution in [2.24, 2.45) is 0 Å². The molecule has 1 aromatic heterocycles. The number of hydrogen-bond donors (Lipinski definition) is 1. The normalized spacial score (nSPS) is 20.8. The van der Waals surface area contributed by atoms with Crippen LogP contribution in [0.2, 0.25) is 0 Å². The summed E-state index contributed by atoms with van der Waals surface area (Å²) in [5.74, 6) is 0.0115. The summed E-state index contributed by atoms with van der Waals surface area (Å²) in [6.45, 7) is 1.33. The molecule has 2 rings (SSSR count). The molecule has 4 heteroatoms. The van der Waals surface area contributed by atoms with E-state index < -0.39 is 0 Å². The largest absolute Gasteiger partial charge is 0.368 e. The van der Waals surface area contributed by atoms with Gasteiger partial charge >= 0.3 is 0 Å². The van der Waals surface area contributed by atoms with Gasteiger partial charge in [0.05, 0.1) is 6.61 Å². The minimum absolute atomic E-state index is 0.0115. The molecule has 1 aliphatic heterocycles. The van der Waals surface area contributed by atoms with Gasteiger partial charge in [-0.1, -0.05) is 0 Å². The summed E-state index contributed by atoms with van der Waals surface area (Å²) >= 11 is 1.64. The zero-order chi connectivity index (χ0) is 9.10. The minimum Gasteiger partial charge on any atom is -0.368 e. The molecule has 0 aliphatic carbocycles. The fourth-order valence-corrected chi connectivity index (χ4v) is 1.81. The number of nitrogens with one attached hydrogen (secondary N) is 1. The molecule has 0 saturated carbocycles. The molecule has 0 spiro atoms. The van der Waals surface area contributed by atoms with Crippen molar-refractivity contribution in [2.45, 2.75) is 19.1 Å². The molecular formula is C9H11NO2S. The van der Waals surface area contributed by atoms with Crippen LogP contribution in [0.25, 0.3) is 0 Å². The maximum Gasteiger partial charge on any atom is 0.249 e. The lowest BCUT2D eigenvalue weighted by atomic mass is 10.2. The molecule has 1 aromatic rings. The van der Waals surface area contributed by atoms with Gasteiger partial charge in [-0.2, -0.15) is 11.3 Å². The monoisotopic (exact) mass is 197 g/mol. The molecule has 1 N–H and O–H groups in total. The Balaban J connectivity index is 1.76. The summed E-state index contributed by atoms with van der Waals surface area (Å²) < 4.78 is 5.05. The van der Waals surface area contributed by atoms with Gasteiger partial charge in [-0.05, 0) is 22.4 Å². The van der Waals surface area contributed by atoms with Crippen LogP contribution in [0.5, 0.6) is 0 Å². The molecule has 1 unspecified atom stereocenters. The molecule has 3 nitrogen and oxygen atoms in total. The van der Waals surface area contributed by atoms with E-state index in [-0.39, 0.29) is 12.0 Å². The highest BCUT2D eigenvalue weighted by molar-refractivity contribution is 7.07. The van der Waals surface area contributed by atoms with Crippen LogP contribution in [0.4, 0.5) is 0 Å². The lowest BCUT2D eigenvalue weighted by Crippen LogP contribution is -2.42. The van der Waals surface area contributed by atoms with Crippen molar-refractivity contribution in [3.05, 3.63) is 22.4 Å². The van der Waals surface area contributed by atoms with E-state index in [4.69, 9.17) is 4.74 Å². The summed E-state index contributed by atoms with van der Waals surface area (Å²) in [4.78, 5) is 11.3. The van der Waals surface area contributed by atoms with Crippen molar-refractivity contribution in [1.82, 2.24) is 5.32 Å². The summed E-state index contributed by atoms with van der Waals surface area (Å²) in [7, 11) is 0. The first kappa shape index (κ1) is 8.72. The average Bonchev–Trinajstić information content (AvgIpc) is 2.49. The van der Waals surface area contributed by atoms with Crippen molar-refractivity contribution in [3.63, 3.8) is 0 Å². The second kappa shape index (κ2) is 3.89. The molecule has 1 atom stereocenters. The Morgan fingerprint density at radius 1 is 1.77 bits per heavy atom. The van der Waals surface area contributed by atoms with E-state index >= 15 is 0 Å². The topological polar surface area (TPSA) is 38.3 Å². The van der Waals surface area contributed by atoms with Gasteiger partial charge < -0.3 is 10.1 Å². The third kappa shape index (κ3) is 2.08. The first-order valence-corrected chi connectivity index (χ1v) is 5.21. The SMILES string of the molecule is O=C(NCc1ccsc1)C1CCO1. The van der Waals surface area contributed by atoms with Gasteiger partial charge in [0.1, 0.15) is 6.10 Å². The quantitative estimate of drug-likeness (QED) is 0.789. The van der Waals surface area contributed by atoms with Crippen LogP contribution in [0.15, 0.2) is 16.8 Å². The van der Waals surface area contributed by atoms with Crippen LogP contribution in [-0.4, -0.2) is 18.6 Å². The van der Waals surface area contributed by atoms with Crippen LogP contribution in [-0.2, 0) is 16.1 Å². The van der Waals surface area contributed by atoms with Crippen LogP contribution in [0.1, 0.15) is 12.0 Å². The first-order valence-electron chi connectivity index (χ1n) is 4.26. The number of carbonyl (C=O) groups is 1. The van der Waals surface area contributed by atoms with Crippen LogP contribution >= 0.6 is 11.3 Å². The van der Waals surface area contributed by atoms with E-state index in [2.05, 4.69) is 5.32 Å². The van der Waals surface area contributed by atoms with Gasteiger partial charge in [0, 0.05) is 13.0 Å². The molecule has 2 heterocycles. The average molecular weight is 197 g/mol. The Bertz CT molecular complexity index is 280. The first-order chi connectivity index (χ1) is 6.36. The van der Waals surface area contributed by atoms with Crippen LogP contribution < -0.4 is 5.32 Å². The number of rotatable bonds is 3. The van der Waals surface area contributed by atoms with Crippen molar-refractivity contribution < 1.29 is 9.53 Å². The highest BCUT2D eigenvalue weighted by Crippen LogP contribution is 2.11. The third-order valence-corrected chi connectivity index (χ3v) is 2.77. The smallest absolute Gasteiger partial charge is 0.249 e. The fraction of sp³-hybridized carbons (Fsp3) is 0.444. The molecule has 1 fully saturated rings. The lowest BCUT2D eigenvalue weighted by molar-refractivity contribution is -0.145. The molecule has 13 heavy (non-hydrogen) atoms. The predicted molar refractivity (Wildman–Crippen MR) is 50.5 cm³/mol. The van der Waals surface area contributed by atoms with Crippen molar-refractivity contribution >= 4 is 17.2 Å². The maximum absolute atomic E-state index is 11.3. The highest BCUT2D eigenvalue weighted by Gasteiger charge is 2.25. The summed E-state index contributed by atoms with van der Waals surface area (Å²) in [6.07, 6.45) is 0.661. The van der Waals surface area contributed by atoms with Gasteiger partial charge in [-0.15, -0.1) is 0 Å². The zero-order valence-electron chi connectivity index (χ0n) is 7.16. The van der Waals surface area contributed by atoms with Crippen LogP contribution in [0, 0.1) is 0 Å². The van der Waals surface area contributed by atoms with E-state index in [1.54, 1.807) is 11.3 Å². The Hall–Kier alpha value is -0.870. The maximum atomic E-state index is 11.3. The second-order valence-corrected chi connectivity index (χ2v) is 3.78. The predicted octanol–water partition coefficient (Wildman–Crippen LogP) is 1.15.